The van der Waals surface area contributed by atoms with Gasteiger partial charge in [0.1, 0.15) is 4.21 Å². The number of hydrogen-bond acceptors (Lipinski definition) is 5. The van der Waals surface area contributed by atoms with Gasteiger partial charge >= 0.3 is 0 Å². The summed E-state index contributed by atoms with van der Waals surface area (Å²) in [6, 6.07) is 12.2. The average molecular weight is 374 g/mol. The second-order valence-electron chi connectivity index (χ2n) is 5.19. The third kappa shape index (κ3) is 5.72. The smallest absolute Gasteiger partial charge is 0.228 e. The van der Waals surface area contributed by atoms with Crippen molar-refractivity contribution in [1.29, 1.82) is 0 Å². The third-order valence-corrected chi connectivity index (χ3v) is 7.77. The van der Waals surface area contributed by atoms with Gasteiger partial charge in [-0.1, -0.05) is 30.3 Å². The Balaban J connectivity index is 1.83. The highest BCUT2D eigenvalue weighted by atomic mass is 32.2. The van der Waals surface area contributed by atoms with Gasteiger partial charge in [0, 0.05) is 11.4 Å². The van der Waals surface area contributed by atoms with Crippen molar-refractivity contribution < 1.29 is 16.8 Å². The zero-order chi connectivity index (χ0) is 16.9. The molecule has 0 radical (unpaired) electrons. The van der Waals surface area contributed by atoms with E-state index in [-0.39, 0.29) is 28.7 Å². The van der Waals surface area contributed by atoms with Crippen molar-refractivity contribution in [2.75, 3.05) is 12.3 Å². The Labute approximate surface area is 141 Å². The molecular formula is C15H19NO4S3. The Kier molecular flexibility index (Phi) is 5.96. The van der Waals surface area contributed by atoms with Crippen molar-refractivity contribution in [2.45, 2.75) is 23.3 Å². The van der Waals surface area contributed by atoms with Crippen LogP contribution in [-0.4, -0.2) is 29.1 Å². The summed E-state index contributed by atoms with van der Waals surface area (Å²) in [5, 5.41) is 0. The molecule has 23 heavy (non-hydrogen) atoms. The van der Waals surface area contributed by atoms with Crippen LogP contribution in [0.4, 0.5) is 0 Å². The maximum atomic E-state index is 12.0. The second kappa shape index (κ2) is 7.57. The number of aryl methyl sites for hydroxylation is 1. The molecule has 0 aliphatic rings. The molecule has 0 amide bonds. The fourth-order valence-corrected chi connectivity index (χ4v) is 5.86. The van der Waals surface area contributed by atoms with E-state index in [2.05, 4.69) is 4.72 Å². The Morgan fingerprint density at radius 3 is 2.30 bits per heavy atom. The topological polar surface area (TPSA) is 80.3 Å². The van der Waals surface area contributed by atoms with Crippen LogP contribution in [0.25, 0.3) is 0 Å². The van der Waals surface area contributed by atoms with Crippen molar-refractivity contribution in [2.24, 2.45) is 0 Å². The third-order valence-electron chi connectivity index (χ3n) is 3.13. The van der Waals surface area contributed by atoms with Crippen LogP contribution >= 0.6 is 11.3 Å². The second-order valence-corrected chi connectivity index (χ2v) is 10.7. The molecule has 2 rings (SSSR count). The summed E-state index contributed by atoms with van der Waals surface area (Å²) in [7, 11) is -6.79. The van der Waals surface area contributed by atoms with E-state index >= 15 is 0 Å². The molecule has 0 saturated heterocycles. The lowest BCUT2D eigenvalue weighted by Crippen LogP contribution is -2.25. The first kappa shape index (κ1) is 18.1. The quantitative estimate of drug-likeness (QED) is 0.720. The van der Waals surface area contributed by atoms with Gasteiger partial charge in [0.2, 0.25) is 10.0 Å². The van der Waals surface area contributed by atoms with Crippen LogP contribution in [-0.2, 0) is 25.6 Å². The summed E-state index contributed by atoms with van der Waals surface area (Å²) in [5.41, 5.74) is 0.738. The first-order valence-corrected chi connectivity index (χ1v) is 11.2. The highest BCUT2D eigenvalue weighted by molar-refractivity contribution is 7.91. The Bertz CT molecular complexity index is 840. The predicted octanol–water partition coefficient (Wildman–Crippen LogP) is 2.34. The monoisotopic (exact) mass is 373 g/mol. The molecule has 5 nitrogen and oxygen atoms in total. The molecule has 0 atom stereocenters. The number of hydrogen-bond donors (Lipinski definition) is 1. The molecule has 0 saturated carbocycles. The molecular weight excluding hydrogens is 354 g/mol. The van der Waals surface area contributed by atoms with Crippen molar-refractivity contribution in [3.8, 4) is 0 Å². The molecule has 0 unspecified atom stereocenters. The number of rotatable bonds is 8. The first-order chi connectivity index (χ1) is 10.8. The summed E-state index contributed by atoms with van der Waals surface area (Å²) >= 11 is 1.19. The van der Waals surface area contributed by atoms with E-state index in [0.29, 0.717) is 0 Å². The normalized spacial score (nSPS) is 12.4. The maximum Gasteiger partial charge on any atom is 0.250 e. The average Bonchev–Trinajstić information content (AvgIpc) is 2.92. The molecule has 1 aromatic heterocycles. The van der Waals surface area contributed by atoms with Gasteiger partial charge in [0.05, 0.1) is 11.5 Å². The molecule has 8 heteroatoms. The van der Waals surface area contributed by atoms with Gasteiger partial charge in [-0.3, -0.25) is 0 Å². The molecule has 1 heterocycles. The summed E-state index contributed by atoms with van der Waals surface area (Å²) in [6.07, 6.45) is 0.249. The lowest BCUT2D eigenvalue weighted by atomic mass is 10.2. The lowest BCUT2D eigenvalue weighted by molar-refractivity contribution is 0.577. The summed E-state index contributed by atoms with van der Waals surface area (Å²) in [5.74, 6) is -0.0708. The van der Waals surface area contributed by atoms with Gasteiger partial charge in [-0.25, -0.2) is 21.6 Å². The fourth-order valence-electron chi connectivity index (χ4n) is 2.03. The zero-order valence-electron chi connectivity index (χ0n) is 12.7. The minimum absolute atomic E-state index is 0.0231. The van der Waals surface area contributed by atoms with E-state index in [1.807, 2.05) is 13.0 Å². The standard InChI is InChI=1S/C15H19NO4S3/c1-13-8-9-15(21-13)23(19,20)16-10-5-11-22(17,18)12-14-6-3-2-4-7-14/h2-4,6-9,16H,5,10-12H2,1H3. The van der Waals surface area contributed by atoms with Crippen LogP contribution in [0.1, 0.15) is 16.9 Å². The predicted molar refractivity (Wildman–Crippen MR) is 92.8 cm³/mol. The SMILES string of the molecule is Cc1ccc(S(=O)(=O)NCCCS(=O)(=O)Cc2ccccc2)s1. The van der Waals surface area contributed by atoms with Crippen LogP contribution in [0.2, 0.25) is 0 Å². The van der Waals surface area contributed by atoms with Gasteiger partial charge in [0.25, 0.3) is 0 Å². The van der Waals surface area contributed by atoms with Crippen molar-refractivity contribution in [1.82, 2.24) is 4.72 Å². The number of thiophene rings is 1. The number of sulfone groups is 1. The molecule has 0 spiro atoms. The highest BCUT2D eigenvalue weighted by Gasteiger charge is 2.16. The Hall–Kier alpha value is -1.22. The van der Waals surface area contributed by atoms with Crippen LogP contribution in [0.3, 0.4) is 0 Å². The maximum absolute atomic E-state index is 12.0. The summed E-state index contributed by atoms with van der Waals surface area (Å²) < 4.78 is 50.8. The molecule has 0 aliphatic carbocycles. The Morgan fingerprint density at radius 2 is 1.70 bits per heavy atom. The minimum atomic E-state index is -3.54. The molecule has 126 valence electrons. The molecule has 2 aromatic rings. The summed E-state index contributed by atoms with van der Waals surface area (Å²) in [4.78, 5) is 0.913. The highest BCUT2D eigenvalue weighted by Crippen LogP contribution is 2.20. The minimum Gasteiger partial charge on any atom is -0.228 e. The first-order valence-electron chi connectivity index (χ1n) is 7.09. The molecule has 1 aromatic carbocycles. The van der Waals surface area contributed by atoms with Crippen LogP contribution in [0, 0.1) is 6.92 Å². The van der Waals surface area contributed by atoms with Gasteiger partial charge in [0.15, 0.2) is 9.84 Å². The molecule has 0 aliphatic heterocycles. The van der Waals surface area contributed by atoms with E-state index < -0.39 is 19.9 Å². The fraction of sp³-hybridized carbons (Fsp3) is 0.333. The number of benzene rings is 1. The van der Waals surface area contributed by atoms with E-state index in [1.54, 1.807) is 36.4 Å². The summed E-state index contributed by atoms with van der Waals surface area (Å²) in [6.45, 7) is 1.94. The molecule has 1 N–H and O–H groups in total. The number of sulfonamides is 1. The van der Waals surface area contributed by atoms with Gasteiger partial charge in [-0.15, -0.1) is 11.3 Å². The van der Waals surface area contributed by atoms with Gasteiger partial charge in [-0.2, -0.15) is 0 Å². The molecule has 0 fully saturated rings. The van der Waals surface area contributed by atoms with Crippen LogP contribution < -0.4 is 4.72 Å². The van der Waals surface area contributed by atoms with Crippen LogP contribution in [0.5, 0.6) is 0 Å². The van der Waals surface area contributed by atoms with Crippen molar-refractivity contribution in [3.05, 3.63) is 52.9 Å². The number of nitrogens with one attached hydrogen (secondary N) is 1. The lowest BCUT2D eigenvalue weighted by Gasteiger charge is -2.06. The Morgan fingerprint density at radius 1 is 1.00 bits per heavy atom. The van der Waals surface area contributed by atoms with Gasteiger partial charge < -0.3 is 0 Å². The van der Waals surface area contributed by atoms with Crippen LogP contribution in [0.15, 0.2) is 46.7 Å². The van der Waals surface area contributed by atoms with E-state index in [0.717, 1.165) is 10.4 Å². The van der Waals surface area contributed by atoms with E-state index in [9.17, 15) is 16.8 Å². The van der Waals surface area contributed by atoms with Crippen molar-refractivity contribution >= 4 is 31.2 Å². The van der Waals surface area contributed by atoms with Crippen molar-refractivity contribution in [3.63, 3.8) is 0 Å². The largest absolute Gasteiger partial charge is 0.250 e. The van der Waals surface area contributed by atoms with E-state index in [4.69, 9.17) is 0 Å². The zero-order valence-corrected chi connectivity index (χ0v) is 15.2. The van der Waals surface area contributed by atoms with E-state index in [1.165, 1.54) is 11.3 Å². The van der Waals surface area contributed by atoms with Gasteiger partial charge in [-0.05, 0) is 31.0 Å². The molecule has 0 bridgehead atoms.